The van der Waals surface area contributed by atoms with Gasteiger partial charge in [-0.15, -0.1) is 0 Å². The van der Waals surface area contributed by atoms with E-state index in [0.717, 1.165) is 42.0 Å². The van der Waals surface area contributed by atoms with Gasteiger partial charge >= 0.3 is 0 Å². The molecule has 4 aromatic rings. The Labute approximate surface area is 167 Å². The minimum Gasteiger partial charge on any atom is -0.337 e. The van der Waals surface area contributed by atoms with E-state index in [9.17, 15) is 4.79 Å². The second-order valence-electron chi connectivity index (χ2n) is 7.36. The van der Waals surface area contributed by atoms with Crippen LogP contribution in [-0.2, 0) is 7.05 Å². The van der Waals surface area contributed by atoms with E-state index in [2.05, 4.69) is 10.1 Å². The van der Waals surface area contributed by atoms with E-state index >= 15 is 0 Å². The molecule has 0 aromatic carbocycles. The van der Waals surface area contributed by atoms with E-state index in [1.165, 1.54) is 0 Å². The van der Waals surface area contributed by atoms with Crippen molar-refractivity contribution in [2.45, 2.75) is 18.8 Å². The predicted octanol–water partition coefficient (Wildman–Crippen LogP) is 2.54. The standard InChI is InChI=1S/C21H21N7O/c1-26-18(8-10-23-26)21(29)27-11-3-5-17(13-27)20-24-19-7-6-16(14-28(19)25-20)15-4-2-9-22-12-15/h2,4,6-10,12,14,17H,3,5,11,13H2,1H3/t17-/m1/s1. The van der Waals surface area contributed by atoms with Crippen molar-refractivity contribution >= 4 is 11.6 Å². The van der Waals surface area contributed by atoms with Gasteiger partial charge in [0.25, 0.3) is 5.91 Å². The average molecular weight is 387 g/mol. The van der Waals surface area contributed by atoms with Crippen molar-refractivity contribution in [3.05, 3.63) is 66.6 Å². The third-order valence-electron chi connectivity index (χ3n) is 5.46. The summed E-state index contributed by atoms with van der Waals surface area (Å²) in [6.07, 6.45) is 9.13. The van der Waals surface area contributed by atoms with Crippen LogP contribution < -0.4 is 0 Å². The number of fused-ring (bicyclic) bond motifs is 1. The molecule has 29 heavy (non-hydrogen) atoms. The molecule has 1 aliphatic heterocycles. The summed E-state index contributed by atoms with van der Waals surface area (Å²) in [7, 11) is 1.79. The normalized spacial score (nSPS) is 17.0. The number of amides is 1. The van der Waals surface area contributed by atoms with Crippen LogP contribution in [-0.4, -0.2) is 53.3 Å². The highest BCUT2D eigenvalue weighted by Crippen LogP contribution is 2.27. The third-order valence-corrected chi connectivity index (χ3v) is 5.46. The van der Waals surface area contributed by atoms with Crippen LogP contribution in [0.25, 0.3) is 16.8 Å². The lowest BCUT2D eigenvalue weighted by atomic mass is 9.97. The molecule has 1 aliphatic rings. The molecule has 0 bridgehead atoms. The molecule has 0 N–H and O–H groups in total. The SMILES string of the molecule is Cn1nccc1C(=O)N1CCC[C@@H](c2nc3ccc(-c4cccnc4)cn3n2)C1. The molecule has 0 unspecified atom stereocenters. The number of likely N-dealkylation sites (tertiary alicyclic amines) is 1. The Morgan fingerprint density at radius 1 is 1.14 bits per heavy atom. The second kappa shape index (κ2) is 7.12. The Bertz CT molecular complexity index is 1160. The lowest BCUT2D eigenvalue weighted by Crippen LogP contribution is -2.40. The highest BCUT2D eigenvalue weighted by Gasteiger charge is 2.29. The summed E-state index contributed by atoms with van der Waals surface area (Å²) in [4.78, 5) is 23.6. The maximum Gasteiger partial charge on any atom is 0.272 e. The molecule has 0 saturated carbocycles. The first-order valence-electron chi connectivity index (χ1n) is 9.73. The van der Waals surface area contributed by atoms with E-state index in [1.807, 2.05) is 46.1 Å². The van der Waals surface area contributed by atoms with E-state index in [-0.39, 0.29) is 11.8 Å². The van der Waals surface area contributed by atoms with Gasteiger partial charge in [-0.05, 0) is 37.1 Å². The maximum atomic E-state index is 12.8. The zero-order valence-corrected chi connectivity index (χ0v) is 16.1. The largest absolute Gasteiger partial charge is 0.337 e. The van der Waals surface area contributed by atoms with Crippen LogP contribution in [0, 0.1) is 0 Å². The Hall–Kier alpha value is -3.55. The van der Waals surface area contributed by atoms with Gasteiger partial charge in [0.15, 0.2) is 11.5 Å². The molecule has 0 spiro atoms. The van der Waals surface area contributed by atoms with Gasteiger partial charge in [-0.25, -0.2) is 9.50 Å². The average Bonchev–Trinajstić information content (AvgIpc) is 3.39. The molecule has 1 amide bonds. The van der Waals surface area contributed by atoms with Crippen molar-refractivity contribution in [1.82, 2.24) is 34.3 Å². The lowest BCUT2D eigenvalue weighted by Gasteiger charge is -2.31. The quantitative estimate of drug-likeness (QED) is 0.540. The third kappa shape index (κ3) is 3.26. The van der Waals surface area contributed by atoms with Crippen LogP contribution in [0.15, 0.2) is 55.1 Å². The van der Waals surface area contributed by atoms with Gasteiger partial charge in [-0.3, -0.25) is 14.5 Å². The van der Waals surface area contributed by atoms with Gasteiger partial charge in [0.05, 0.1) is 0 Å². The zero-order valence-electron chi connectivity index (χ0n) is 16.1. The van der Waals surface area contributed by atoms with Crippen LogP contribution in [0.5, 0.6) is 0 Å². The van der Waals surface area contributed by atoms with E-state index in [1.54, 1.807) is 30.2 Å². The van der Waals surface area contributed by atoms with Gasteiger partial charge in [0.1, 0.15) is 5.69 Å². The summed E-state index contributed by atoms with van der Waals surface area (Å²) in [5.74, 6) is 0.927. The number of piperidine rings is 1. The minimum atomic E-state index is 0.0114. The Balaban J connectivity index is 1.40. The fourth-order valence-corrected chi connectivity index (χ4v) is 3.90. The Kier molecular flexibility index (Phi) is 4.31. The molecule has 4 aromatic heterocycles. The smallest absolute Gasteiger partial charge is 0.272 e. The first-order valence-corrected chi connectivity index (χ1v) is 9.73. The maximum absolute atomic E-state index is 12.8. The number of pyridine rings is 2. The number of carbonyl (C=O) groups is 1. The molecular weight excluding hydrogens is 366 g/mol. The predicted molar refractivity (Wildman–Crippen MR) is 107 cm³/mol. The second-order valence-corrected chi connectivity index (χ2v) is 7.36. The number of carbonyl (C=O) groups excluding carboxylic acids is 1. The first kappa shape index (κ1) is 17.5. The fourth-order valence-electron chi connectivity index (χ4n) is 3.90. The number of nitrogens with zero attached hydrogens (tertiary/aromatic N) is 7. The molecule has 8 heteroatoms. The van der Waals surface area contributed by atoms with Crippen LogP contribution in [0.4, 0.5) is 0 Å². The molecule has 146 valence electrons. The molecule has 1 saturated heterocycles. The van der Waals surface area contributed by atoms with Crippen LogP contribution in [0.3, 0.4) is 0 Å². The Morgan fingerprint density at radius 3 is 2.86 bits per heavy atom. The van der Waals surface area contributed by atoms with E-state index in [0.29, 0.717) is 12.2 Å². The summed E-state index contributed by atoms with van der Waals surface area (Å²) < 4.78 is 3.44. The minimum absolute atomic E-state index is 0.0114. The fraction of sp³-hybridized carbons (Fsp3) is 0.286. The van der Waals surface area contributed by atoms with Crippen molar-refractivity contribution in [3.8, 4) is 11.1 Å². The monoisotopic (exact) mass is 387 g/mol. The number of aromatic nitrogens is 6. The summed E-state index contributed by atoms with van der Waals surface area (Å²) in [5.41, 5.74) is 3.49. The number of hydrogen-bond donors (Lipinski definition) is 0. The number of aryl methyl sites for hydroxylation is 1. The van der Waals surface area contributed by atoms with Crippen molar-refractivity contribution in [1.29, 1.82) is 0 Å². The van der Waals surface area contributed by atoms with Crippen molar-refractivity contribution in [3.63, 3.8) is 0 Å². The highest BCUT2D eigenvalue weighted by atomic mass is 16.2. The summed E-state index contributed by atoms with van der Waals surface area (Å²) in [6.45, 7) is 1.37. The molecule has 1 atom stereocenters. The molecule has 0 aliphatic carbocycles. The Morgan fingerprint density at radius 2 is 2.07 bits per heavy atom. The van der Waals surface area contributed by atoms with Crippen molar-refractivity contribution < 1.29 is 4.79 Å². The number of rotatable bonds is 3. The molecule has 0 radical (unpaired) electrons. The van der Waals surface area contributed by atoms with Gasteiger partial charge in [0, 0.05) is 62.0 Å². The van der Waals surface area contributed by atoms with Crippen molar-refractivity contribution in [2.24, 2.45) is 7.05 Å². The van der Waals surface area contributed by atoms with Crippen LogP contribution in [0.2, 0.25) is 0 Å². The zero-order chi connectivity index (χ0) is 19.8. The first-order chi connectivity index (χ1) is 14.2. The van der Waals surface area contributed by atoms with E-state index < -0.39 is 0 Å². The molecule has 1 fully saturated rings. The van der Waals surface area contributed by atoms with Gasteiger partial charge in [-0.1, -0.05) is 6.07 Å². The van der Waals surface area contributed by atoms with Crippen LogP contribution >= 0.6 is 0 Å². The van der Waals surface area contributed by atoms with Gasteiger partial charge in [0.2, 0.25) is 0 Å². The molecule has 5 heterocycles. The van der Waals surface area contributed by atoms with Crippen LogP contribution in [0.1, 0.15) is 35.1 Å². The highest BCUT2D eigenvalue weighted by molar-refractivity contribution is 5.92. The van der Waals surface area contributed by atoms with Crippen molar-refractivity contribution in [2.75, 3.05) is 13.1 Å². The topological polar surface area (TPSA) is 81.2 Å². The van der Waals surface area contributed by atoms with Gasteiger partial charge < -0.3 is 4.90 Å². The lowest BCUT2D eigenvalue weighted by molar-refractivity contribution is 0.0693. The summed E-state index contributed by atoms with van der Waals surface area (Å²) in [6, 6.07) is 9.70. The summed E-state index contributed by atoms with van der Waals surface area (Å²) >= 11 is 0. The van der Waals surface area contributed by atoms with Gasteiger partial charge in [-0.2, -0.15) is 10.2 Å². The number of hydrogen-bond acceptors (Lipinski definition) is 5. The molecule has 5 rings (SSSR count). The van der Waals surface area contributed by atoms with E-state index in [4.69, 9.17) is 10.1 Å². The molecule has 8 nitrogen and oxygen atoms in total. The molecular formula is C21H21N7O. The summed E-state index contributed by atoms with van der Waals surface area (Å²) in [5, 5.41) is 8.83.